The molecule has 1 amide bonds. The quantitative estimate of drug-likeness (QED) is 0.488. The van der Waals surface area contributed by atoms with Gasteiger partial charge in [-0.2, -0.15) is 0 Å². The maximum absolute atomic E-state index is 11.2. The second-order valence-corrected chi connectivity index (χ2v) is 4.39. The Morgan fingerprint density at radius 3 is 2.87 bits per heavy atom. The third-order valence-corrected chi connectivity index (χ3v) is 2.67. The Morgan fingerprint density at radius 1 is 1.40 bits per heavy atom. The Balaban J connectivity index is 1.78. The van der Waals surface area contributed by atoms with E-state index in [-0.39, 0.29) is 5.91 Å². The van der Waals surface area contributed by atoms with Crippen LogP contribution in [-0.4, -0.2) is 31.5 Å². The van der Waals surface area contributed by atoms with Gasteiger partial charge < -0.3 is 10.1 Å². The van der Waals surface area contributed by atoms with E-state index in [1.165, 1.54) is 12.8 Å². The molecule has 0 heterocycles. The summed E-state index contributed by atoms with van der Waals surface area (Å²) in [5.74, 6) is 1.54. The minimum atomic E-state index is 0.107. The Hall–Kier alpha value is -0.280. The van der Waals surface area contributed by atoms with Crippen LogP contribution >= 0.6 is 11.6 Å². The van der Waals surface area contributed by atoms with Crippen molar-refractivity contribution in [3.05, 3.63) is 0 Å². The van der Waals surface area contributed by atoms with Crippen LogP contribution in [0.4, 0.5) is 0 Å². The van der Waals surface area contributed by atoms with Crippen LogP contribution in [0.3, 0.4) is 0 Å². The number of hydrogen-bond donors (Lipinski definition) is 1. The fourth-order valence-electron chi connectivity index (χ4n) is 1.27. The normalized spacial score (nSPS) is 15.3. The van der Waals surface area contributed by atoms with E-state index in [1.54, 1.807) is 0 Å². The summed E-state index contributed by atoms with van der Waals surface area (Å²) in [6.07, 6.45) is 4.98. The smallest absolute Gasteiger partial charge is 0.220 e. The van der Waals surface area contributed by atoms with Gasteiger partial charge >= 0.3 is 0 Å². The number of rotatable bonds is 9. The summed E-state index contributed by atoms with van der Waals surface area (Å²) < 4.78 is 5.40. The second kappa shape index (κ2) is 7.94. The van der Waals surface area contributed by atoms with E-state index >= 15 is 0 Å². The van der Waals surface area contributed by atoms with Crippen LogP contribution in [-0.2, 0) is 9.53 Å². The van der Waals surface area contributed by atoms with Crippen molar-refractivity contribution in [3.8, 4) is 0 Å². The number of hydrogen-bond acceptors (Lipinski definition) is 2. The lowest BCUT2D eigenvalue weighted by Crippen LogP contribution is -2.27. The van der Waals surface area contributed by atoms with Crippen molar-refractivity contribution in [3.63, 3.8) is 0 Å². The molecule has 0 aromatic carbocycles. The third-order valence-electron chi connectivity index (χ3n) is 2.41. The lowest BCUT2D eigenvalue weighted by atomic mass is 10.2. The van der Waals surface area contributed by atoms with Gasteiger partial charge in [0.2, 0.25) is 5.91 Å². The molecule has 0 aromatic heterocycles. The maximum Gasteiger partial charge on any atom is 0.220 e. The van der Waals surface area contributed by atoms with Gasteiger partial charge in [-0.15, -0.1) is 11.6 Å². The van der Waals surface area contributed by atoms with Gasteiger partial charge in [0.25, 0.3) is 0 Å². The van der Waals surface area contributed by atoms with Crippen LogP contribution in [0.1, 0.15) is 32.1 Å². The van der Waals surface area contributed by atoms with Crippen LogP contribution in [0.5, 0.6) is 0 Å². The molecule has 15 heavy (non-hydrogen) atoms. The number of carbonyl (C=O) groups is 1. The highest BCUT2D eigenvalue weighted by atomic mass is 35.5. The zero-order valence-corrected chi connectivity index (χ0v) is 9.89. The summed E-state index contributed by atoms with van der Waals surface area (Å²) in [6.45, 7) is 2.13. The van der Waals surface area contributed by atoms with Gasteiger partial charge in [0.15, 0.2) is 0 Å². The first-order valence-electron chi connectivity index (χ1n) is 5.73. The number of alkyl halides is 1. The van der Waals surface area contributed by atoms with Gasteiger partial charge in [0.05, 0.1) is 6.61 Å². The SMILES string of the molecule is O=C(CCCCCl)NCCOCC1CC1. The van der Waals surface area contributed by atoms with Crippen LogP contribution < -0.4 is 5.32 Å². The minimum absolute atomic E-state index is 0.107. The molecule has 0 spiro atoms. The predicted octanol–water partition coefficient (Wildman–Crippen LogP) is 1.94. The highest BCUT2D eigenvalue weighted by Gasteiger charge is 2.20. The molecule has 3 nitrogen and oxygen atoms in total. The first-order valence-corrected chi connectivity index (χ1v) is 6.27. The third kappa shape index (κ3) is 7.63. The van der Waals surface area contributed by atoms with Crippen LogP contribution in [0, 0.1) is 5.92 Å². The highest BCUT2D eigenvalue weighted by molar-refractivity contribution is 6.17. The van der Waals surface area contributed by atoms with Gasteiger partial charge in [0, 0.05) is 25.5 Å². The van der Waals surface area contributed by atoms with Crippen molar-refractivity contribution in [2.75, 3.05) is 25.6 Å². The van der Waals surface area contributed by atoms with Crippen molar-refractivity contribution in [1.29, 1.82) is 0 Å². The molecule has 0 unspecified atom stereocenters. The van der Waals surface area contributed by atoms with Crippen molar-refractivity contribution in [2.45, 2.75) is 32.1 Å². The second-order valence-electron chi connectivity index (χ2n) is 4.01. The molecule has 1 rings (SSSR count). The minimum Gasteiger partial charge on any atom is -0.379 e. The molecule has 0 saturated heterocycles. The molecule has 0 aliphatic heterocycles. The monoisotopic (exact) mass is 233 g/mol. The molecule has 1 N–H and O–H groups in total. The van der Waals surface area contributed by atoms with Crippen LogP contribution in [0.2, 0.25) is 0 Å². The first-order chi connectivity index (χ1) is 7.33. The predicted molar refractivity (Wildman–Crippen MR) is 61.1 cm³/mol. The van der Waals surface area contributed by atoms with Gasteiger partial charge in [0.1, 0.15) is 0 Å². The number of amides is 1. The fraction of sp³-hybridized carbons (Fsp3) is 0.909. The van der Waals surface area contributed by atoms with Gasteiger partial charge in [-0.25, -0.2) is 0 Å². The number of halogens is 1. The Bertz CT molecular complexity index is 183. The molecule has 0 radical (unpaired) electrons. The summed E-state index contributed by atoms with van der Waals surface area (Å²) in [7, 11) is 0. The summed E-state index contributed by atoms with van der Waals surface area (Å²) in [6, 6.07) is 0. The largest absolute Gasteiger partial charge is 0.379 e. The molecule has 0 aromatic rings. The first kappa shape index (κ1) is 12.8. The van der Waals surface area contributed by atoms with Gasteiger partial charge in [-0.1, -0.05) is 0 Å². The average Bonchev–Trinajstić information content (AvgIpc) is 3.02. The molecule has 0 bridgehead atoms. The topological polar surface area (TPSA) is 38.3 Å². The van der Waals surface area contributed by atoms with Crippen molar-refractivity contribution in [2.24, 2.45) is 5.92 Å². The number of unbranched alkanes of at least 4 members (excludes halogenated alkanes) is 1. The van der Waals surface area contributed by atoms with Crippen molar-refractivity contribution < 1.29 is 9.53 Å². The lowest BCUT2D eigenvalue weighted by molar-refractivity contribution is -0.121. The Labute approximate surface area is 96.5 Å². The molecule has 0 atom stereocenters. The van der Waals surface area contributed by atoms with Crippen LogP contribution in [0.15, 0.2) is 0 Å². The summed E-state index contributed by atoms with van der Waals surface area (Å²) in [4.78, 5) is 11.2. The summed E-state index contributed by atoms with van der Waals surface area (Å²) in [5.41, 5.74) is 0. The standard InChI is InChI=1S/C11H20ClNO2/c12-6-2-1-3-11(14)13-7-8-15-9-10-4-5-10/h10H,1-9H2,(H,13,14). The van der Waals surface area contributed by atoms with Crippen LogP contribution in [0.25, 0.3) is 0 Å². The number of ether oxygens (including phenoxy) is 1. The lowest BCUT2D eigenvalue weighted by Gasteiger charge is -2.05. The zero-order valence-electron chi connectivity index (χ0n) is 9.14. The molecule has 1 aliphatic rings. The number of nitrogens with one attached hydrogen (secondary N) is 1. The van der Waals surface area contributed by atoms with E-state index in [0.717, 1.165) is 25.4 Å². The van der Waals surface area contributed by atoms with Gasteiger partial charge in [-0.05, 0) is 31.6 Å². The summed E-state index contributed by atoms with van der Waals surface area (Å²) in [5, 5.41) is 2.83. The Morgan fingerprint density at radius 2 is 2.20 bits per heavy atom. The molecule has 1 saturated carbocycles. The molecule has 1 fully saturated rings. The fourth-order valence-corrected chi connectivity index (χ4v) is 1.45. The highest BCUT2D eigenvalue weighted by Crippen LogP contribution is 2.28. The molecular weight excluding hydrogens is 214 g/mol. The van der Waals surface area contributed by atoms with E-state index in [2.05, 4.69) is 5.32 Å². The van der Waals surface area contributed by atoms with E-state index in [1.807, 2.05) is 0 Å². The molecule has 1 aliphatic carbocycles. The molecule has 88 valence electrons. The van der Waals surface area contributed by atoms with E-state index in [9.17, 15) is 4.79 Å². The summed E-state index contributed by atoms with van der Waals surface area (Å²) >= 11 is 5.51. The van der Waals surface area contributed by atoms with E-state index in [4.69, 9.17) is 16.3 Å². The van der Waals surface area contributed by atoms with Gasteiger partial charge in [-0.3, -0.25) is 4.79 Å². The van der Waals surface area contributed by atoms with E-state index < -0.39 is 0 Å². The van der Waals surface area contributed by atoms with E-state index in [0.29, 0.717) is 25.5 Å². The number of carbonyl (C=O) groups excluding carboxylic acids is 1. The average molecular weight is 234 g/mol. The van der Waals surface area contributed by atoms with Crippen molar-refractivity contribution >= 4 is 17.5 Å². The Kier molecular flexibility index (Phi) is 6.77. The molecule has 4 heteroatoms. The molecular formula is C11H20ClNO2. The zero-order chi connectivity index (χ0) is 10.9. The van der Waals surface area contributed by atoms with Crippen molar-refractivity contribution in [1.82, 2.24) is 5.32 Å². The maximum atomic E-state index is 11.2.